The van der Waals surface area contributed by atoms with Gasteiger partial charge in [-0.1, -0.05) is 13.8 Å². The summed E-state index contributed by atoms with van der Waals surface area (Å²) < 4.78 is 13.2. The summed E-state index contributed by atoms with van der Waals surface area (Å²) in [5.41, 5.74) is 0.122. The van der Waals surface area contributed by atoms with Gasteiger partial charge >= 0.3 is 0 Å². The number of fused-ring (bicyclic) bond motifs is 5. The molecule has 6 nitrogen and oxygen atoms in total. The average Bonchev–Trinajstić information content (AvgIpc) is 3.04. The van der Waals surface area contributed by atoms with Gasteiger partial charge in [-0.15, -0.1) is 0 Å². The van der Waals surface area contributed by atoms with Gasteiger partial charge in [-0.3, -0.25) is 4.79 Å². The van der Waals surface area contributed by atoms with Gasteiger partial charge in [0.2, 0.25) is 5.91 Å². The Kier molecular flexibility index (Phi) is 3.54. The van der Waals surface area contributed by atoms with Crippen LogP contribution in [0, 0.1) is 33.9 Å². The monoisotopic (exact) mass is 361 g/mol. The number of nitrogens with one attached hydrogen (secondary N) is 1. The van der Waals surface area contributed by atoms with Gasteiger partial charge in [-0.05, 0) is 42.5 Å². The number of amides is 1. The average molecular weight is 361 g/mol. The second-order valence-electron chi connectivity index (χ2n) is 7.56. The second kappa shape index (κ2) is 5.59. The molecule has 2 aliphatic carbocycles. The molecular formula is C20H16FN5O. The van der Waals surface area contributed by atoms with Crippen molar-refractivity contribution in [1.29, 1.82) is 10.5 Å². The zero-order valence-corrected chi connectivity index (χ0v) is 14.9. The van der Waals surface area contributed by atoms with E-state index < -0.39 is 10.8 Å². The highest BCUT2D eigenvalue weighted by molar-refractivity contribution is 6.01. The highest BCUT2D eigenvalue weighted by Crippen LogP contribution is 2.67. The Morgan fingerprint density at radius 2 is 1.81 bits per heavy atom. The van der Waals surface area contributed by atoms with Crippen LogP contribution in [0.15, 0.2) is 24.3 Å². The van der Waals surface area contributed by atoms with Crippen LogP contribution in [-0.4, -0.2) is 15.9 Å². The number of nitriles is 2. The molecule has 2 bridgehead atoms. The first-order valence-electron chi connectivity index (χ1n) is 8.65. The predicted molar refractivity (Wildman–Crippen MR) is 93.9 cm³/mol. The lowest BCUT2D eigenvalue weighted by atomic mass is 9.67. The summed E-state index contributed by atoms with van der Waals surface area (Å²) in [5.74, 6) is -0.644. The van der Waals surface area contributed by atoms with Crippen LogP contribution in [0.4, 0.5) is 10.1 Å². The first kappa shape index (κ1) is 17.1. The van der Waals surface area contributed by atoms with Crippen LogP contribution in [0.3, 0.4) is 0 Å². The molecule has 1 saturated carbocycles. The Labute approximate surface area is 155 Å². The molecule has 2 unspecified atom stereocenters. The third kappa shape index (κ3) is 2.12. The molecule has 1 aromatic heterocycles. The molecule has 1 heterocycles. The van der Waals surface area contributed by atoms with Gasteiger partial charge in [0.05, 0.1) is 16.8 Å². The zero-order chi connectivity index (χ0) is 19.4. The maximum Gasteiger partial charge on any atom is 0.237 e. The summed E-state index contributed by atoms with van der Waals surface area (Å²) in [6.07, 6.45) is 1.33. The van der Waals surface area contributed by atoms with Crippen LogP contribution in [-0.2, 0) is 10.2 Å². The van der Waals surface area contributed by atoms with E-state index in [-0.39, 0.29) is 29.0 Å². The number of carbonyl (C=O) groups excluding carboxylic acids is 1. The highest BCUT2D eigenvalue weighted by atomic mass is 19.1. The van der Waals surface area contributed by atoms with Crippen molar-refractivity contribution in [3.8, 4) is 12.1 Å². The maximum atomic E-state index is 13.4. The van der Waals surface area contributed by atoms with E-state index >= 15 is 0 Å². The summed E-state index contributed by atoms with van der Waals surface area (Å²) in [4.78, 5) is 22.2. The highest BCUT2D eigenvalue weighted by Gasteiger charge is 2.68. The largest absolute Gasteiger partial charge is 0.325 e. The summed E-state index contributed by atoms with van der Waals surface area (Å²) in [6.45, 7) is 3.99. The molecule has 0 radical (unpaired) electrons. The van der Waals surface area contributed by atoms with Gasteiger partial charge in [0, 0.05) is 11.6 Å². The fourth-order valence-corrected chi connectivity index (χ4v) is 4.69. The van der Waals surface area contributed by atoms with E-state index in [1.54, 1.807) is 0 Å². The van der Waals surface area contributed by atoms with Gasteiger partial charge in [0.25, 0.3) is 0 Å². The number of hydrogen-bond acceptors (Lipinski definition) is 5. The zero-order valence-electron chi connectivity index (χ0n) is 14.9. The van der Waals surface area contributed by atoms with Crippen LogP contribution in [0.5, 0.6) is 0 Å². The molecule has 7 heteroatoms. The molecule has 1 fully saturated rings. The number of rotatable bonds is 2. The molecule has 2 atom stereocenters. The van der Waals surface area contributed by atoms with Crippen LogP contribution in [0.2, 0.25) is 0 Å². The Morgan fingerprint density at radius 1 is 1.19 bits per heavy atom. The third-order valence-electron chi connectivity index (χ3n) is 6.14. The summed E-state index contributed by atoms with van der Waals surface area (Å²) >= 11 is 0. The van der Waals surface area contributed by atoms with E-state index in [2.05, 4.69) is 15.3 Å². The number of nitrogens with zero attached hydrogens (tertiary/aromatic N) is 4. The van der Waals surface area contributed by atoms with Gasteiger partial charge in [0.1, 0.15) is 18.0 Å². The Morgan fingerprint density at radius 3 is 2.44 bits per heavy atom. The van der Waals surface area contributed by atoms with E-state index in [1.807, 2.05) is 26.0 Å². The Bertz CT molecular complexity index is 1050. The van der Waals surface area contributed by atoms with Crippen molar-refractivity contribution in [3.05, 3.63) is 52.9 Å². The van der Waals surface area contributed by atoms with Gasteiger partial charge in [-0.2, -0.15) is 10.5 Å². The lowest BCUT2D eigenvalue weighted by molar-refractivity contribution is -0.124. The van der Waals surface area contributed by atoms with Crippen molar-refractivity contribution < 1.29 is 9.18 Å². The lowest BCUT2D eigenvalue weighted by Crippen LogP contribution is -2.46. The van der Waals surface area contributed by atoms with Gasteiger partial charge in [0.15, 0.2) is 11.4 Å². The molecule has 2 aliphatic rings. The summed E-state index contributed by atoms with van der Waals surface area (Å²) in [7, 11) is 0. The van der Waals surface area contributed by atoms with E-state index in [9.17, 15) is 19.7 Å². The molecule has 1 aromatic carbocycles. The molecule has 0 saturated heterocycles. The number of benzene rings is 1. The lowest BCUT2D eigenvalue weighted by Gasteiger charge is -2.36. The van der Waals surface area contributed by atoms with Crippen LogP contribution >= 0.6 is 0 Å². The molecule has 27 heavy (non-hydrogen) atoms. The summed E-state index contributed by atoms with van der Waals surface area (Å²) in [6, 6.07) is 9.40. The topological polar surface area (TPSA) is 102 Å². The predicted octanol–water partition coefficient (Wildman–Crippen LogP) is 3.15. The number of halogens is 1. The first-order valence-corrected chi connectivity index (χ1v) is 8.65. The Hall–Kier alpha value is -3.32. The first-order chi connectivity index (χ1) is 12.8. The quantitative estimate of drug-likeness (QED) is 0.885. The minimum absolute atomic E-state index is 0.00584. The molecular weight excluding hydrogens is 345 g/mol. The molecule has 0 spiro atoms. The van der Waals surface area contributed by atoms with Crippen LogP contribution < -0.4 is 5.32 Å². The maximum absolute atomic E-state index is 13.4. The van der Waals surface area contributed by atoms with Crippen molar-refractivity contribution in [2.24, 2.45) is 5.41 Å². The Balaban J connectivity index is 1.84. The molecule has 1 amide bonds. The number of anilines is 1. The minimum atomic E-state index is -0.950. The van der Waals surface area contributed by atoms with Crippen molar-refractivity contribution in [1.82, 2.24) is 9.97 Å². The molecule has 1 N–H and O–H groups in total. The smallest absolute Gasteiger partial charge is 0.237 e. The molecule has 4 rings (SSSR count). The van der Waals surface area contributed by atoms with Gasteiger partial charge in [-0.25, -0.2) is 14.4 Å². The molecule has 0 aliphatic heterocycles. The summed E-state index contributed by atoms with van der Waals surface area (Å²) in [5, 5.41) is 21.5. The van der Waals surface area contributed by atoms with Crippen molar-refractivity contribution >= 4 is 11.6 Å². The molecule has 2 aromatic rings. The SMILES string of the molecule is CC1(C)C2CCC1(C(=O)Nc1ccc(F)cc1)c1nc(C#N)c(C#N)nc12. The van der Waals surface area contributed by atoms with E-state index in [0.29, 0.717) is 23.5 Å². The van der Waals surface area contributed by atoms with E-state index in [1.165, 1.54) is 24.3 Å². The minimum Gasteiger partial charge on any atom is -0.325 e. The number of carbonyl (C=O) groups is 1. The van der Waals surface area contributed by atoms with E-state index in [4.69, 9.17) is 0 Å². The van der Waals surface area contributed by atoms with Crippen molar-refractivity contribution in [2.45, 2.75) is 38.0 Å². The van der Waals surface area contributed by atoms with Crippen LogP contribution in [0.1, 0.15) is 55.4 Å². The third-order valence-corrected chi connectivity index (χ3v) is 6.14. The fourth-order valence-electron chi connectivity index (χ4n) is 4.69. The normalized spacial score (nSPS) is 24.0. The van der Waals surface area contributed by atoms with Crippen LogP contribution in [0.25, 0.3) is 0 Å². The van der Waals surface area contributed by atoms with Crippen molar-refractivity contribution in [3.63, 3.8) is 0 Å². The van der Waals surface area contributed by atoms with Crippen molar-refractivity contribution in [2.75, 3.05) is 5.32 Å². The molecule has 134 valence electrons. The standard InChI is InChI=1S/C20H16FN5O/c1-19(2)13-7-8-20(19,18(27)24-12-5-3-11(21)4-6-12)17-16(13)25-14(9-22)15(10-23)26-17/h3-6,13H,7-8H2,1-2H3,(H,24,27). The van der Waals surface area contributed by atoms with E-state index in [0.717, 1.165) is 6.42 Å². The number of aromatic nitrogens is 2. The van der Waals surface area contributed by atoms with Gasteiger partial charge < -0.3 is 5.32 Å². The number of hydrogen-bond donors (Lipinski definition) is 1. The fraction of sp³-hybridized carbons (Fsp3) is 0.350. The second-order valence-corrected chi connectivity index (χ2v) is 7.56.